The second-order valence-electron chi connectivity index (χ2n) is 8.44. The minimum Gasteiger partial charge on any atom is -0.345 e. The maximum absolute atomic E-state index is 7.35. The molecule has 1 nitrogen and oxygen atoms in total. The summed E-state index contributed by atoms with van der Waals surface area (Å²) in [7, 11) is 0. The van der Waals surface area contributed by atoms with E-state index in [-0.39, 0.29) is 5.60 Å². The van der Waals surface area contributed by atoms with Gasteiger partial charge in [0.15, 0.2) is 0 Å². The number of benzene rings is 3. The van der Waals surface area contributed by atoms with Crippen LogP contribution in [0, 0.1) is 5.92 Å². The van der Waals surface area contributed by atoms with Crippen LogP contribution < -0.4 is 0 Å². The van der Waals surface area contributed by atoms with Crippen molar-refractivity contribution in [3.05, 3.63) is 118 Å². The highest BCUT2D eigenvalue weighted by Gasteiger charge is 2.68. The molecular weight excluding hydrogens is 340 g/mol. The first-order chi connectivity index (χ1) is 13.8. The Kier molecular flexibility index (Phi) is 3.31. The average molecular weight is 364 g/mol. The summed E-state index contributed by atoms with van der Waals surface area (Å²) >= 11 is 0. The van der Waals surface area contributed by atoms with Gasteiger partial charge in [0.2, 0.25) is 0 Å². The van der Waals surface area contributed by atoms with Crippen LogP contribution in [0.5, 0.6) is 0 Å². The third kappa shape index (κ3) is 1.81. The fourth-order valence-corrected chi connectivity index (χ4v) is 6.17. The molecule has 1 saturated heterocycles. The van der Waals surface area contributed by atoms with Crippen LogP contribution in [0.4, 0.5) is 0 Å². The van der Waals surface area contributed by atoms with E-state index in [1.807, 2.05) is 0 Å². The molecule has 0 N–H and O–H groups in total. The van der Waals surface area contributed by atoms with Crippen molar-refractivity contribution < 1.29 is 4.74 Å². The van der Waals surface area contributed by atoms with Gasteiger partial charge in [-0.25, -0.2) is 0 Å². The number of hydrogen-bond acceptors (Lipinski definition) is 1. The van der Waals surface area contributed by atoms with E-state index in [4.69, 9.17) is 4.74 Å². The van der Waals surface area contributed by atoms with Crippen molar-refractivity contribution in [1.82, 2.24) is 0 Å². The van der Waals surface area contributed by atoms with E-state index in [0.717, 1.165) is 0 Å². The van der Waals surface area contributed by atoms with Crippen LogP contribution in [-0.2, 0) is 15.9 Å². The summed E-state index contributed by atoms with van der Waals surface area (Å²) in [6.45, 7) is 2.33. The Balaban J connectivity index is 1.76. The van der Waals surface area contributed by atoms with Crippen molar-refractivity contribution in [2.45, 2.75) is 37.4 Å². The Morgan fingerprint density at radius 3 is 2.07 bits per heavy atom. The molecule has 3 aromatic rings. The molecule has 2 heterocycles. The SMILES string of the molecule is CC1=C2[C@@H](CCC1)[C@]1(c3ccccc3)O[C@@]2(c2ccccc2)c2ccccc21. The quantitative estimate of drug-likeness (QED) is 0.483. The van der Waals surface area contributed by atoms with E-state index in [0.29, 0.717) is 5.92 Å². The number of rotatable bonds is 2. The van der Waals surface area contributed by atoms with E-state index < -0.39 is 5.60 Å². The summed E-state index contributed by atoms with van der Waals surface area (Å²) in [5.41, 5.74) is 7.44. The van der Waals surface area contributed by atoms with Crippen molar-refractivity contribution in [2.75, 3.05) is 0 Å². The molecule has 0 amide bonds. The molecule has 0 aromatic heterocycles. The molecule has 3 aliphatic rings. The van der Waals surface area contributed by atoms with Crippen molar-refractivity contribution in [1.29, 1.82) is 0 Å². The van der Waals surface area contributed by atoms with Gasteiger partial charge in [0.1, 0.15) is 11.2 Å². The Bertz CT molecular complexity index is 1080. The lowest BCUT2D eigenvalue weighted by Gasteiger charge is -2.40. The third-order valence-electron chi connectivity index (χ3n) is 7.13. The third-order valence-corrected chi connectivity index (χ3v) is 7.13. The second-order valence-corrected chi connectivity index (χ2v) is 8.44. The zero-order chi connectivity index (χ0) is 18.8. The molecule has 3 atom stereocenters. The Morgan fingerprint density at radius 1 is 0.750 bits per heavy atom. The first kappa shape index (κ1) is 16.3. The molecule has 0 unspecified atom stereocenters. The fraction of sp³-hybridized carbons (Fsp3) is 0.259. The van der Waals surface area contributed by atoms with Crippen LogP contribution in [0.15, 0.2) is 96.1 Å². The van der Waals surface area contributed by atoms with Gasteiger partial charge in [0.25, 0.3) is 0 Å². The van der Waals surface area contributed by atoms with Gasteiger partial charge in [-0.2, -0.15) is 0 Å². The van der Waals surface area contributed by atoms with Gasteiger partial charge in [-0.05, 0) is 54.0 Å². The van der Waals surface area contributed by atoms with E-state index in [9.17, 15) is 0 Å². The zero-order valence-electron chi connectivity index (χ0n) is 16.2. The second kappa shape index (κ2) is 5.68. The van der Waals surface area contributed by atoms with E-state index in [2.05, 4.69) is 91.9 Å². The monoisotopic (exact) mass is 364 g/mol. The number of fused-ring (bicyclic) bond motifs is 8. The lowest BCUT2D eigenvalue weighted by Crippen LogP contribution is -2.37. The van der Waals surface area contributed by atoms with Crippen molar-refractivity contribution in [3.63, 3.8) is 0 Å². The summed E-state index contributed by atoms with van der Waals surface area (Å²) in [5.74, 6) is 0.402. The van der Waals surface area contributed by atoms with E-state index in [1.54, 1.807) is 0 Å². The molecular formula is C27H24O. The fourth-order valence-electron chi connectivity index (χ4n) is 6.17. The van der Waals surface area contributed by atoms with Gasteiger partial charge in [0.05, 0.1) is 0 Å². The topological polar surface area (TPSA) is 9.23 Å². The highest BCUT2D eigenvalue weighted by atomic mass is 16.5. The molecule has 28 heavy (non-hydrogen) atoms. The smallest absolute Gasteiger partial charge is 0.142 e. The normalized spacial score (nSPS) is 30.2. The first-order valence-corrected chi connectivity index (χ1v) is 10.4. The van der Waals surface area contributed by atoms with Gasteiger partial charge in [-0.1, -0.05) is 90.5 Å². The maximum Gasteiger partial charge on any atom is 0.142 e. The lowest BCUT2D eigenvalue weighted by molar-refractivity contribution is -0.0481. The minimum atomic E-state index is -0.455. The number of hydrogen-bond donors (Lipinski definition) is 0. The predicted octanol–water partition coefficient (Wildman–Crippen LogP) is 6.33. The maximum atomic E-state index is 7.35. The summed E-state index contributed by atoms with van der Waals surface area (Å²) in [6, 6.07) is 30.7. The average Bonchev–Trinajstić information content (AvgIpc) is 3.26. The highest BCUT2D eigenvalue weighted by Crippen LogP contribution is 2.70. The van der Waals surface area contributed by atoms with Gasteiger partial charge < -0.3 is 4.74 Å². The van der Waals surface area contributed by atoms with Crippen LogP contribution in [0.1, 0.15) is 48.4 Å². The summed E-state index contributed by atoms with van der Waals surface area (Å²) in [6.07, 6.45) is 3.60. The Labute approximate surface area is 166 Å². The Hall–Kier alpha value is -2.64. The molecule has 6 rings (SSSR count). The molecule has 1 heteroatoms. The lowest BCUT2D eigenvalue weighted by atomic mass is 9.59. The van der Waals surface area contributed by atoms with Crippen LogP contribution in [-0.4, -0.2) is 0 Å². The van der Waals surface area contributed by atoms with Gasteiger partial charge >= 0.3 is 0 Å². The van der Waals surface area contributed by atoms with Crippen molar-refractivity contribution in [2.24, 2.45) is 5.92 Å². The van der Waals surface area contributed by atoms with E-state index >= 15 is 0 Å². The van der Waals surface area contributed by atoms with Crippen LogP contribution in [0.2, 0.25) is 0 Å². The van der Waals surface area contributed by atoms with Gasteiger partial charge in [-0.15, -0.1) is 0 Å². The highest BCUT2D eigenvalue weighted by molar-refractivity contribution is 5.65. The number of allylic oxidation sites excluding steroid dienone is 1. The molecule has 2 aliphatic heterocycles. The van der Waals surface area contributed by atoms with Crippen molar-refractivity contribution in [3.8, 4) is 0 Å². The predicted molar refractivity (Wildman–Crippen MR) is 112 cm³/mol. The van der Waals surface area contributed by atoms with Crippen LogP contribution >= 0.6 is 0 Å². The van der Waals surface area contributed by atoms with Crippen molar-refractivity contribution >= 4 is 0 Å². The molecule has 0 saturated carbocycles. The summed E-state index contributed by atoms with van der Waals surface area (Å²) in [4.78, 5) is 0. The molecule has 0 radical (unpaired) electrons. The van der Waals surface area contributed by atoms with Gasteiger partial charge in [-0.3, -0.25) is 0 Å². The molecule has 2 bridgehead atoms. The first-order valence-electron chi connectivity index (χ1n) is 10.4. The zero-order valence-corrected chi connectivity index (χ0v) is 16.2. The minimum absolute atomic E-state index is 0.384. The molecule has 1 fully saturated rings. The summed E-state index contributed by atoms with van der Waals surface area (Å²) < 4.78 is 7.35. The van der Waals surface area contributed by atoms with E-state index in [1.165, 1.54) is 52.7 Å². The number of ether oxygens (including phenoxy) is 1. The Morgan fingerprint density at radius 2 is 1.36 bits per heavy atom. The molecule has 138 valence electrons. The summed E-state index contributed by atoms with van der Waals surface area (Å²) in [5, 5.41) is 0. The molecule has 3 aromatic carbocycles. The van der Waals surface area contributed by atoms with Crippen LogP contribution in [0.3, 0.4) is 0 Å². The van der Waals surface area contributed by atoms with Crippen LogP contribution in [0.25, 0.3) is 0 Å². The molecule has 1 aliphatic carbocycles. The van der Waals surface area contributed by atoms with Gasteiger partial charge in [0, 0.05) is 5.92 Å². The standard InChI is InChI=1S/C27H24O/c1-19-11-10-18-24-25(19)27(21-14-6-3-7-15-21)23-17-9-8-16-22(23)26(24,28-27)20-12-4-2-5-13-20/h2-9,12-17,24H,10-11,18H2,1H3/t24-,26-,27+/m1/s1. The molecule has 0 spiro atoms. The largest absolute Gasteiger partial charge is 0.345 e.